The number of hydrogen-bond acceptors (Lipinski definition) is 9. The second-order valence-corrected chi connectivity index (χ2v) is 10.1. The number of nitrogens with zero attached hydrogens (tertiary/aromatic N) is 2. The van der Waals surface area contributed by atoms with Gasteiger partial charge >= 0.3 is 21.6 Å². The number of carbonyl (C=O) groups excluding carboxylic acids is 2. The van der Waals surface area contributed by atoms with Crippen LogP contribution in [0, 0.1) is 10.1 Å². The fraction of sp³-hybridized carbons (Fsp3) is 0.500. The van der Waals surface area contributed by atoms with Crippen molar-refractivity contribution in [2.24, 2.45) is 0 Å². The summed E-state index contributed by atoms with van der Waals surface area (Å²) in [6, 6.07) is 4.93. The maximum Gasteiger partial charge on any atom is 0.534 e. The molecular weight excluding hydrogens is 517 g/mol. The third kappa shape index (κ3) is 7.10. The average Bonchev–Trinajstić information content (AvgIpc) is 2.78. The molecule has 1 aromatic carbocycles. The first-order valence-electron chi connectivity index (χ1n) is 10.4. The first-order valence-corrected chi connectivity index (χ1v) is 12.9. The molecule has 0 aromatic heterocycles. The molecule has 0 N–H and O–H groups in total. The van der Waals surface area contributed by atoms with E-state index in [0.29, 0.717) is 11.3 Å². The van der Waals surface area contributed by atoms with Gasteiger partial charge < -0.3 is 8.92 Å². The Morgan fingerprint density at radius 3 is 2.37 bits per heavy atom. The van der Waals surface area contributed by atoms with Crippen molar-refractivity contribution in [3.8, 4) is 0 Å². The van der Waals surface area contributed by atoms with E-state index in [1.807, 2.05) is 6.92 Å². The van der Waals surface area contributed by atoms with Gasteiger partial charge in [-0.2, -0.15) is 21.6 Å². The van der Waals surface area contributed by atoms with Crippen LogP contribution in [-0.4, -0.2) is 46.8 Å². The van der Waals surface area contributed by atoms with E-state index < -0.39 is 62.3 Å². The number of amides is 1. The van der Waals surface area contributed by atoms with Crippen molar-refractivity contribution in [2.75, 3.05) is 5.75 Å². The topological polar surface area (TPSA) is 133 Å². The van der Waals surface area contributed by atoms with Gasteiger partial charge in [-0.25, -0.2) is 4.79 Å². The van der Waals surface area contributed by atoms with E-state index in [0.717, 1.165) is 29.9 Å². The zero-order chi connectivity index (χ0) is 26.4. The summed E-state index contributed by atoms with van der Waals surface area (Å²) in [5, 5.41) is 10.1. The molecule has 15 heteroatoms. The summed E-state index contributed by atoms with van der Waals surface area (Å²) in [4.78, 5) is 36.3. The number of likely N-dealkylation sites (tertiary alicyclic amines) is 1. The number of rotatable bonds is 12. The number of ether oxygens (including phenoxy) is 1. The quantitative estimate of drug-likeness (QED) is 0.0440. The van der Waals surface area contributed by atoms with Crippen LogP contribution in [0.4, 0.5) is 18.9 Å². The van der Waals surface area contributed by atoms with Crippen LogP contribution in [0.2, 0.25) is 0 Å². The van der Waals surface area contributed by atoms with Gasteiger partial charge in [0, 0.05) is 18.6 Å². The maximum atomic E-state index is 12.9. The number of carbonyl (C=O) groups is 2. The number of unbranched alkanes of at least 4 members (excludes halogenated alkanes) is 1. The molecule has 0 radical (unpaired) electrons. The van der Waals surface area contributed by atoms with E-state index in [2.05, 4.69) is 4.18 Å². The molecule has 35 heavy (non-hydrogen) atoms. The first kappa shape index (κ1) is 28.4. The first-order chi connectivity index (χ1) is 16.3. The van der Waals surface area contributed by atoms with Gasteiger partial charge in [0.05, 0.1) is 16.7 Å². The Morgan fingerprint density at radius 2 is 1.89 bits per heavy atom. The summed E-state index contributed by atoms with van der Waals surface area (Å²) in [6.07, 6.45) is 1.16. The Morgan fingerprint density at radius 1 is 1.26 bits per heavy atom. The van der Waals surface area contributed by atoms with Gasteiger partial charge in [0.25, 0.3) is 5.69 Å². The number of nitro groups is 1. The van der Waals surface area contributed by atoms with Gasteiger partial charge in [-0.05, 0) is 29.9 Å². The van der Waals surface area contributed by atoms with Gasteiger partial charge in [0.2, 0.25) is 5.91 Å². The number of hydrogen-bond donors (Lipinski definition) is 0. The predicted molar refractivity (Wildman–Crippen MR) is 119 cm³/mol. The highest BCUT2D eigenvalue weighted by Crippen LogP contribution is 2.37. The van der Waals surface area contributed by atoms with Crippen LogP contribution in [-0.2, 0) is 35.2 Å². The number of alkyl halides is 3. The number of non-ortho nitro benzene ring substituents is 1. The summed E-state index contributed by atoms with van der Waals surface area (Å²) in [6.45, 7) is 2.75. The predicted octanol–water partition coefficient (Wildman–Crippen LogP) is 4.22. The minimum Gasteiger partial charge on any atom is -0.456 e. The average molecular weight is 541 g/mol. The summed E-state index contributed by atoms with van der Waals surface area (Å²) in [7, 11) is -6.12. The molecule has 2 rings (SSSR count). The minimum atomic E-state index is -6.12. The number of esters is 1. The Kier molecular flexibility index (Phi) is 9.54. The molecule has 1 unspecified atom stereocenters. The van der Waals surface area contributed by atoms with E-state index in [4.69, 9.17) is 4.74 Å². The normalized spacial score (nSPS) is 16.9. The van der Waals surface area contributed by atoms with Crippen molar-refractivity contribution in [3.05, 3.63) is 51.4 Å². The van der Waals surface area contributed by atoms with Crippen LogP contribution >= 0.6 is 11.8 Å². The zero-order valence-corrected chi connectivity index (χ0v) is 20.4. The standard InChI is InChI=1S/C20H23F3N2O8S2/c1-3-5-10-34-17-11-16(26)24(17)18(15(4-2)33-35(30,31)20(21,22)23)19(27)32-12-13-6-8-14(9-7-13)25(28)29/h6-9,17H,3-5,10-12H2,1-2H3. The molecule has 0 saturated carbocycles. The summed E-state index contributed by atoms with van der Waals surface area (Å²) in [5.74, 6) is -2.17. The van der Waals surface area contributed by atoms with Crippen LogP contribution < -0.4 is 0 Å². The fourth-order valence-electron chi connectivity index (χ4n) is 2.88. The molecule has 1 amide bonds. The van der Waals surface area contributed by atoms with Crippen molar-refractivity contribution in [1.82, 2.24) is 4.90 Å². The molecule has 0 bridgehead atoms. The van der Waals surface area contributed by atoms with Crippen molar-refractivity contribution in [1.29, 1.82) is 0 Å². The molecule has 1 atom stereocenters. The molecule has 194 valence electrons. The number of benzene rings is 1. The van der Waals surface area contributed by atoms with Gasteiger partial charge in [0.1, 0.15) is 6.61 Å². The van der Waals surface area contributed by atoms with Crippen LogP contribution in [0.15, 0.2) is 35.7 Å². The van der Waals surface area contributed by atoms with Crippen LogP contribution in [0.25, 0.3) is 0 Å². The van der Waals surface area contributed by atoms with Crippen LogP contribution in [0.3, 0.4) is 0 Å². The van der Waals surface area contributed by atoms with Crippen molar-refractivity contribution in [2.45, 2.75) is 57.0 Å². The lowest BCUT2D eigenvalue weighted by atomic mass is 10.1. The lowest BCUT2D eigenvalue weighted by molar-refractivity contribution is -0.384. The van der Waals surface area contributed by atoms with Crippen LogP contribution in [0.5, 0.6) is 0 Å². The van der Waals surface area contributed by atoms with E-state index in [1.54, 1.807) is 0 Å². The molecule has 1 aliphatic rings. The smallest absolute Gasteiger partial charge is 0.456 e. The highest BCUT2D eigenvalue weighted by Gasteiger charge is 2.50. The van der Waals surface area contributed by atoms with E-state index >= 15 is 0 Å². The Hall–Kier alpha value is -2.81. The molecule has 1 aliphatic heterocycles. The van der Waals surface area contributed by atoms with Gasteiger partial charge in [-0.15, -0.1) is 11.8 Å². The minimum absolute atomic E-state index is 0.00344. The second-order valence-electron chi connectivity index (χ2n) is 7.26. The van der Waals surface area contributed by atoms with Crippen molar-refractivity contribution >= 4 is 39.4 Å². The molecule has 1 aromatic rings. The number of β-lactam (4-membered cyclic amide) rings is 1. The Labute approximate surface area is 203 Å². The fourth-order valence-corrected chi connectivity index (χ4v) is 4.79. The van der Waals surface area contributed by atoms with Gasteiger partial charge in [0.15, 0.2) is 11.5 Å². The SMILES string of the molecule is CCCCSC1CC(=O)N1C(C(=O)OCc1ccc([N+](=O)[O-])cc1)=C(CC)OS(=O)(=O)C(F)(F)F. The molecule has 0 aliphatic carbocycles. The zero-order valence-electron chi connectivity index (χ0n) is 18.7. The van der Waals surface area contributed by atoms with Gasteiger partial charge in [-0.1, -0.05) is 20.3 Å². The number of thioether (sulfide) groups is 1. The third-order valence-electron chi connectivity index (χ3n) is 4.74. The Balaban J connectivity index is 2.37. The third-order valence-corrected chi connectivity index (χ3v) is 7.02. The molecule has 1 fully saturated rings. The largest absolute Gasteiger partial charge is 0.534 e. The van der Waals surface area contributed by atoms with Gasteiger partial charge in [-0.3, -0.25) is 19.8 Å². The second kappa shape index (κ2) is 11.7. The molecule has 0 spiro atoms. The van der Waals surface area contributed by atoms with Crippen LogP contribution in [0.1, 0.15) is 45.1 Å². The number of allylic oxidation sites excluding steroid dienone is 1. The molecule has 1 heterocycles. The van der Waals surface area contributed by atoms with E-state index in [9.17, 15) is 41.3 Å². The number of halogens is 3. The summed E-state index contributed by atoms with van der Waals surface area (Å²) < 4.78 is 71.4. The number of nitro benzene ring substituents is 1. The monoisotopic (exact) mass is 540 g/mol. The lowest BCUT2D eigenvalue weighted by Gasteiger charge is -2.40. The van der Waals surface area contributed by atoms with Crippen molar-refractivity contribution < 1.29 is 45.0 Å². The van der Waals surface area contributed by atoms with E-state index in [1.165, 1.54) is 30.8 Å². The molecule has 1 saturated heterocycles. The molecular formula is C20H23F3N2O8S2. The highest BCUT2D eigenvalue weighted by molar-refractivity contribution is 8.00. The van der Waals surface area contributed by atoms with E-state index in [-0.39, 0.29) is 12.1 Å². The Bertz CT molecular complexity index is 1090. The lowest BCUT2D eigenvalue weighted by Crippen LogP contribution is -2.52. The highest BCUT2D eigenvalue weighted by atomic mass is 32.2. The summed E-state index contributed by atoms with van der Waals surface area (Å²) in [5.41, 5.74) is -6.38. The van der Waals surface area contributed by atoms with Crippen molar-refractivity contribution in [3.63, 3.8) is 0 Å². The maximum absolute atomic E-state index is 12.9. The molecule has 10 nitrogen and oxygen atoms in total. The summed E-state index contributed by atoms with van der Waals surface area (Å²) >= 11 is 1.29.